The molecule has 0 bridgehead atoms. The van der Waals surface area contributed by atoms with Crippen LogP contribution in [0.25, 0.3) is 0 Å². The molecule has 0 aliphatic carbocycles. The molecule has 1 heterocycles. The number of hydrogen-bond acceptors (Lipinski definition) is 3. The lowest BCUT2D eigenvalue weighted by Gasteiger charge is -2.27. The first-order valence-corrected chi connectivity index (χ1v) is 8.93. The van der Waals surface area contributed by atoms with E-state index in [9.17, 15) is 23.2 Å². The summed E-state index contributed by atoms with van der Waals surface area (Å²) in [6.07, 6.45) is 0. The highest BCUT2D eigenvalue weighted by Crippen LogP contribution is 2.31. The standard InChI is InChI=1S/C19H14Cl2F2N2O3/c1-9(10-3-4-15(22)16(23)5-10)24(2)17(26)8-25-18(27)11-6-13(20)14(21)7-12(11)19(25)28/h3-7,9H,8H2,1-2H3. The van der Waals surface area contributed by atoms with Crippen LogP contribution in [0, 0.1) is 11.6 Å². The van der Waals surface area contributed by atoms with Crippen molar-refractivity contribution in [3.05, 3.63) is 68.7 Å². The Morgan fingerprint density at radius 3 is 2.07 bits per heavy atom. The number of nitrogens with zero attached hydrogens (tertiary/aromatic N) is 2. The van der Waals surface area contributed by atoms with Crippen molar-refractivity contribution < 1.29 is 23.2 Å². The quantitative estimate of drug-likeness (QED) is 0.691. The van der Waals surface area contributed by atoms with Crippen LogP contribution in [0.1, 0.15) is 39.2 Å². The zero-order chi connectivity index (χ0) is 20.7. The Labute approximate surface area is 169 Å². The second-order valence-corrected chi connectivity index (χ2v) is 7.18. The molecule has 0 radical (unpaired) electrons. The highest BCUT2D eigenvalue weighted by molar-refractivity contribution is 6.43. The number of rotatable bonds is 4. The smallest absolute Gasteiger partial charge is 0.262 e. The molecule has 146 valence electrons. The van der Waals surface area contributed by atoms with Crippen molar-refractivity contribution in [3.63, 3.8) is 0 Å². The van der Waals surface area contributed by atoms with Crippen LogP contribution in [0.2, 0.25) is 10.0 Å². The number of hydrogen-bond donors (Lipinski definition) is 0. The lowest BCUT2D eigenvalue weighted by atomic mass is 10.1. The molecule has 0 spiro atoms. The SMILES string of the molecule is CC(c1ccc(F)c(F)c1)N(C)C(=O)CN1C(=O)c2cc(Cl)c(Cl)cc2C1=O. The van der Waals surface area contributed by atoms with Gasteiger partial charge in [0.05, 0.1) is 27.2 Å². The minimum absolute atomic E-state index is 0.0727. The van der Waals surface area contributed by atoms with E-state index in [0.717, 1.165) is 17.0 Å². The molecule has 1 atom stereocenters. The van der Waals surface area contributed by atoms with Crippen LogP contribution in [-0.2, 0) is 4.79 Å². The highest BCUT2D eigenvalue weighted by Gasteiger charge is 2.38. The van der Waals surface area contributed by atoms with Crippen molar-refractivity contribution in [2.45, 2.75) is 13.0 Å². The highest BCUT2D eigenvalue weighted by atomic mass is 35.5. The Morgan fingerprint density at radius 2 is 1.57 bits per heavy atom. The van der Waals surface area contributed by atoms with Crippen LogP contribution in [0.15, 0.2) is 30.3 Å². The molecule has 0 saturated heterocycles. The molecule has 1 aliphatic rings. The number of likely N-dealkylation sites (N-methyl/N-ethyl adjacent to an activating group) is 1. The average Bonchev–Trinajstić information content (AvgIpc) is 2.87. The second kappa shape index (κ2) is 7.48. The molecule has 5 nitrogen and oxygen atoms in total. The molecule has 0 N–H and O–H groups in total. The van der Waals surface area contributed by atoms with Gasteiger partial charge < -0.3 is 4.90 Å². The first-order chi connectivity index (χ1) is 13.1. The largest absolute Gasteiger partial charge is 0.337 e. The van der Waals surface area contributed by atoms with Gasteiger partial charge in [0.1, 0.15) is 6.54 Å². The molecule has 0 fully saturated rings. The lowest BCUT2D eigenvalue weighted by Crippen LogP contribution is -2.42. The number of imide groups is 1. The van der Waals surface area contributed by atoms with E-state index in [1.54, 1.807) is 6.92 Å². The van der Waals surface area contributed by atoms with E-state index in [1.807, 2.05) is 0 Å². The maximum Gasteiger partial charge on any atom is 0.262 e. The molecule has 28 heavy (non-hydrogen) atoms. The number of amides is 3. The average molecular weight is 427 g/mol. The number of halogens is 4. The van der Waals surface area contributed by atoms with Crippen molar-refractivity contribution in [2.24, 2.45) is 0 Å². The summed E-state index contributed by atoms with van der Waals surface area (Å²) >= 11 is 11.8. The molecule has 1 unspecified atom stereocenters. The predicted octanol–water partition coefficient (Wildman–Crippen LogP) is 4.09. The molecule has 9 heteroatoms. The third-order valence-corrected chi connectivity index (χ3v) is 5.43. The molecular weight excluding hydrogens is 413 g/mol. The van der Waals surface area contributed by atoms with Crippen LogP contribution in [0.4, 0.5) is 8.78 Å². The molecule has 2 aromatic carbocycles. The monoisotopic (exact) mass is 426 g/mol. The van der Waals surface area contributed by atoms with Gasteiger partial charge in [-0.3, -0.25) is 19.3 Å². The van der Waals surface area contributed by atoms with Gasteiger partial charge in [-0.2, -0.15) is 0 Å². The maximum absolute atomic E-state index is 13.5. The fourth-order valence-electron chi connectivity index (χ4n) is 2.89. The van der Waals surface area contributed by atoms with Crippen LogP contribution < -0.4 is 0 Å². The molecule has 3 rings (SSSR count). The van der Waals surface area contributed by atoms with Gasteiger partial charge in [-0.25, -0.2) is 8.78 Å². The van der Waals surface area contributed by atoms with Crippen molar-refractivity contribution in [3.8, 4) is 0 Å². The molecule has 0 aromatic heterocycles. The van der Waals surface area contributed by atoms with Gasteiger partial charge in [-0.15, -0.1) is 0 Å². The first kappa shape index (κ1) is 20.2. The summed E-state index contributed by atoms with van der Waals surface area (Å²) in [6, 6.07) is 5.29. The van der Waals surface area contributed by atoms with Crippen molar-refractivity contribution in [2.75, 3.05) is 13.6 Å². The van der Waals surface area contributed by atoms with Gasteiger partial charge in [0.25, 0.3) is 11.8 Å². The van der Waals surface area contributed by atoms with Crippen LogP contribution in [0.3, 0.4) is 0 Å². The van der Waals surface area contributed by atoms with Crippen LogP contribution in [-0.4, -0.2) is 41.1 Å². The topological polar surface area (TPSA) is 57.7 Å². The number of fused-ring (bicyclic) bond motifs is 1. The van der Waals surface area contributed by atoms with E-state index in [2.05, 4.69) is 0 Å². The van der Waals surface area contributed by atoms with Crippen LogP contribution >= 0.6 is 23.2 Å². The number of carbonyl (C=O) groups is 3. The Bertz CT molecular complexity index is 972. The van der Waals surface area contributed by atoms with Crippen molar-refractivity contribution in [1.82, 2.24) is 9.80 Å². The fourth-order valence-corrected chi connectivity index (χ4v) is 3.21. The number of carbonyl (C=O) groups excluding carboxylic acids is 3. The molecule has 0 saturated carbocycles. The van der Waals surface area contributed by atoms with Crippen molar-refractivity contribution >= 4 is 40.9 Å². The van der Waals surface area contributed by atoms with Gasteiger partial charge in [-0.1, -0.05) is 29.3 Å². The third-order valence-electron chi connectivity index (χ3n) is 4.71. The zero-order valence-corrected chi connectivity index (χ0v) is 16.3. The third kappa shape index (κ3) is 3.47. The minimum atomic E-state index is -1.03. The fraction of sp³-hybridized carbons (Fsp3) is 0.211. The summed E-state index contributed by atoms with van der Waals surface area (Å²) in [5.41, 5.74) is 0.516. The van der Waals surface area contributed by atoms with Crippen molar-refractivity contribution in [1.29, 1.82) is 0 Å². The molecular formula is C19H14Cl2F2N2O3. The van der Waals surface area contributed by atoms with E-state index in [0.29, 0.717) is 5.56 Å². The summed E-state index contributed by atoms with van der Waals surface area (Å²) in [7, 11) is 1.44. The summed E-state index contributed by atoms with van der Waals surface area (Å²) in [4.78, 5) is 39.6. The maximum atomic E-state index is 13.5. The Hall–Kier alpha value is -2.51. The molecule has 3 amide bonds. The summed E-state index contributed by atoms with van der Waals surface area (Å²) in [6.45, 7) is 1.11. The minimum Gasteiger partial charge on any atom is -0.337 e. The molecule has 1 aliphatic heterocycles. The van der Waals surface area contributed by atoms with Gasteiger partial charge in [0.15, 0.2) is 11.6 Å². The predicted molar refractivity (Wildman–Crippen MR) is 99.4 cm³/mol. The summed E-state index contributed by atoms with van der Waals surface area (Å²) in [5.74, 6) is -3.88. The Morgan fingerprint density at radius 1 is 1.04 bits per heavy atom. The van der Waals surface area contributed by atoms with E-state index in [4.69, 9.17) is 23.2 Å². The normalized spacial score (nSPS) is 14.3. The summed E-state index contributed by atoms with van der Waals surface area (Å²) in [5, 5.41) is 0.248. The van der Waals surface area contributed by atoms with E-state index in [1.165, 1.54) is 30.1 Å². The van der Waals surface area contributed by atoms with Gasteiger partial charge >= 0.3 is 0 Å². The van der Waals surface area contributed by atoms with Gasteiger partial charge in [-0.05, 0) is 36.8 Å². The Kier molecular flexibility index (Phi) is 5.41. The number of benzene rings is 2. The molecule has 2 aromatic rings. The lowest BCUT2D eigenvalue weighted by molar-refractivity contribution is -0.132. The van der Waals surface area contributed by atoms with E-state index < -0.39 is 41.9 Å². The zero-order valence-electron chi connectivity index (χ0n) is 14.8. The summed E-state index contributed by atoms with van der Waals surface area (Å²) < 4.78 is 26.6. The van der Waals surface area contributed by atoms with E-state index in [-0.39, 0.29) is 21.2 Å². The van der Waals surface area contributed by atoms with Gasteiger partial charge in [0, 0.05) is 7.05 Å². The van der Waals surface area contributed by atoms with Crippen LogP contribution in [0.5, 0.6) is 0 Å². The second-order valence-electron chi connectivity index (χ2n) is 6.36. The van der Waals surface area contributed by atoms with E-state index >= 15 is 0 Å². The first-order valence-electron chi connectivity index (χ1n) is 8.17. The van der Waals surface area contributed by atoms with Gasteiger partial charge in [0.2, 0.25) is 5.91 Å². The Balaban J connectivity index is 1.78.